The summed E-state index contributed by atoms with van der Waals surface area (Å²) < 4.78 is 14.0. The second kappa shape index (κ2) is 6.94. The summed E-state index contributed by atoms with van der Waals surface area (Å²) in [6.07, 6.45) is 5.41. The highest BCUT2D eigenvalue weighted by Gasteiger charge is 2.28. The van der Waals surface area contributed by atoms with Crippen LogP contribution in [0.25, 0.3) is 0 Å². The van der Waals surface area contributed by atoms with Gasteiger partial charge in [0.2, 0.25) is 0 Å². The van der Waals surface area contributed by atoms with E-state index in [1.165, 1.54) is 12.5 Å². The predicted molar refractivity (Wildman–Crippen MR) is 86.5 cm³/mol. The lowest BCUT2D eigenvalue weighted by atomic mass is 9.93. The second-order valence-corrected chi connectivity index (χ2v) is 6.24. The number of carbonyl (C=O) groups is 1. The number of amides is 1. The molecule has 5 heteroatoms. The maximum Gasteiger partial charge on any atom is 0.272 e. The van der Waals surface area contributed by atoms with Gasteiger partial charge < -0.3 is 4.90 Å². The average Bonchev–Trinajstić information content (AvgIpc) is 3.01. The summed E-state index contributed by atoms with van der Waals surface area (Å²) in [5, 5.41) is 6.83. The zero-order valence-electron chi connectivity index (χ0n) is 13.4. The normalized spacial score (nSPS) is 15.6. The third-order valence-corrected chi connectivity index (χ3v) is 4.51. The molecule has 0 spiro atoms. The molecule has 1 fully saturated rings. The van der Waals surface area contributed by atoms with Crippen molar-refractivity contribution in [3.05, 3.63) is 53.1 Å². The van der Waals surface area contributed by atoms with Gasteiger partial charge in [-0.1, -0.05) is 37.5 Å². The molecule has 0 aliphatic heterocycles. The minimum absolute atomic E-state index is 0.0965. The summed E-state index contributed by atoms with van der Waals surface area (Å²) in [6, 6.07) is 8.58. The van der Waals surface area contributed by atoms with Crippen LogP contribution in [0.5, 0.6) is 0 Å². The van der Waals surface area contributed by atoms with Crippen molar-refractivity contribution in [2.75, 3.05) is 0 Å². The molecule has 0 bridgehead atoms. The van der Waals surface area contributed by atoms with E-state index < -0.39 is 0 Å². The first-order chi connectivity index (χ1) is 11.1. The standard InChI is InChI=1S/C18H22FN3O/c1-13-11-17(21-20-13)18(23)22(15-8-3-2-4-9-15)12-14-7-5-6-10-16(14)19/h5-7,10-11,15H,2-4,8-9,12H2,1H3,(H,20,21). The number of carbonyl (C=O) groups excluding carboxylic acids is 1. The van der Waals surface area contributed by atoms with Crippen LogP contribution in [-0.2, 0) is 6.54 Å². The molecule has 1 N–H and O–H groups in total. The van der Waals surface area contributed by atoms with Crippen LogP contribution in [0.3, 0.4) is 0 Å². The Kier molecular flexibility index (Phi) is 4.74. The summed E-state index contributed by atoms with van der Waals surface area (Å²) in [6.45, 7) is 2.14. The Hall–Kier alpha value is -2.17. The lowest BCUT2D eigenvalue weighted by Crippen LogP contribution is -2.41. The van der Waals surface area contributed by atoms with E-state index in [9.17, 15) is 9.18 Å². The summed E-state index contributed by atoms with van der Waals surface area (Å²) in [5.41, 5.74) is 1.81. The first-order valence-corrected chi connectivity index (χ1v) is 8.21. The molecule has 122 valence electrons. The Morgan fingerprint density at radius 2 is 2.04 bits per heavy atom. The van der Waals surface area contributed by atoms with Crippen LogP contribution in [0, 0.1) is 12.7 Å². The third kappa shape index (κ3) is 3.60. The highest BCUT2D eigenvalue weighted by atomic mass is 19.1. The smallest absolute Gasteiger partial charge is 0.272 e. The molecule has 0 unspecified atom stereocenters. The van der Waals surface area contributed by atoms with Gasteiger partial charge in [0.15, 0.2) is 0 Å². The molecular formula is C18H22FN3O. The Morgan fingerprint density at radius 1 is 1.30 bits per heavy atom. The summed E-state index contributed by atoms with van der Waals surface area (Å²) in [7, 11) is 0. The van der Waals surface area contributed by atoms with Gasteiger partial charge in [0, 0.05) is 18.2 Å². The number of aromatic nitrogens is 2. The molecular weight excluding hydrogens is 293 g/mol. The van der Waals surface area contributed by atoms with Crippen molar-refractivity contribution in [3.63, 3.8) is 0 Å². The van der Waals surface area contributed by atoms with Crippen LogP contribution < -0.4 is 0 Å². The maximum atomic E-state index is 14.0. The maximum absolute atomic E-state index is 14.0. The Morgan fingerprint density at radius 3 is 2.70 bits per heavy atom. The number of halogens is 1. The van der Waals surface area contributed by atoms with E-state index in [1.807, 2.05) is 17.9 Å². The highest BCUT2D eigenvalue weighted by Crippen LogP contribution is 2.26. The van der Waals surface area contributed by atoms with E-state index in [4.69, 9.17) is 0 Å². The van der Waals surface area contributed by atoms with Crippen LogP contribution in [-0.4, -0.2) is 27.0 Å². The highest BCUT2D eigenvalue weighted by molar-refractivity contribution is 5.92. The van der Waals surface area contributed by atoms with Crippen molar-refractivity contribution in [1.82, 2.24) is 15.1 Å². The van der Waals surface area contributed by atoms with Crippen molar-refractivity contribution in [1.29, 1.82) is 0 Å². The van der Waals surface area contributed by atoms with Gasteiger partial charge in [-0.15, -0.1) is 0 Å². The molecule has 0 atom stereocenters. The Labute approximate surface area is 135 Å². The van der Waals surface area contributed by atoms with Crippen LogP contribution in [0.4, 0.5) is 4.39 Å². The molecule has 0 radical (unpaired) electrons. The molecule has 1 amide bonds. The zero-order chi connectivity index (χ0) is 16.2. The van der Waals surface area contributed by atoms with E-state index in [2.05, 4.69) is 10.2 Å². The molecule has 1 saturated carbocycles. The van der Waals surface area contributed by atoms with Gasteiger partial charge in [0.1, 0.15) is 11.5 Å². The monoisotopic (exact) mass is 315 g/mol. The van der Waals surface area contributed by atoms with Gasteiger partial charge in [-0.3, -0.25) is 9.89 Å². The topological polar surface area (TPSA) is 49.0 Å². The van der Waals surface area contributed by atoms with Crippen LogP contribution >= 0.6 is 0 Å². The van der Waals surface area contributed by atoms with E-state index in [0.29, 0.717) is 17.8 Å². The van der Waals surface area contributed by atoms with Gasteiger partial charge in [-0.25, -0.2) is 4.39 Å². The fourth-order valence-electron chi connectivity index (χ4n) is 3.26. The predicted octanol–water partition coefficient (Wildman–Crippen LogP) is 3.83. The molecule has 23 heavy (non-hydrogen) atoms. The van der Waals surface area contributed by atoms with Crippen molar-refractivity contribution in [2.45, 2.75) is 51.6 Å². The molecule has 1 aromatic carbocycles. The first kappa shape index (κ1) is 15.7. The van der Waals surface area contributed by atoms with Crippen LogP contribution in [0.2, 0.25) is 0 Å². The number of hydrogen-bond donors (Lipinski definition) is 1. The van der Waals surface area contributed by atoms with Crippen molar-refractivity contribution < 1.29 is 9.18 Å². The Balaban J connectivity index is 1.86. The number of hydrogen-bond acceptors (Lipinski definition) is 2. The van der Waals surface area contributed by atoms with Crippen LogP contribution in [0.15, 0.2) is 30.3 Å². The zero-order valence-corrected chi connectivity index (χ0v) is 13.4. The van der Waals surface area contributed by atoms with E-state index in [-0.39, 0.29) is 17.8 Å². The lowest BCUT2D eigenvalue weighted by Gasteiger charge is -2.34. The Bertz CT molecular complexity index is 676. The number of benzene rings is 1. The van der Waals surface area contributed by atoms with Gasteiger partial charge in [0.25, 0.3) is 5.91 Å². The van der Waals surface area contributed by atoms with E-state index >= 15 is 0 Å². The fraction of sp³-hybridized carbons (Fsp3) is 0.444. The molecule has 4 nitrogen and oxygen atoms in total. The van der Waals surface area contributed by atoms with Crippen molar-refractivity contribution >= 4 is 5.91 Å². The molecule has 3 rings (SSSR count). The minimum Gasteiger partial charge on any atom is -0.330 e. The SMILES string of the molecule is Cc1cc(C(=O)N(Cc2ccccc2F)C2CCCCC2)[nH]n1. The average molecular weight is 315 g/mol. The minimum atomic E-state index is -0.262. The molecule has 1 heterocycles. The first-order valence-electron chi connectivity index (χ1n) is 8.21. The second-order valence-electron chi connectivity index (χ2n) is 6.24. The molecule has 1 aliphatic carbocycles. The van der Waals surface area contributed by atoms with Crippen LogP contribution in [0.1, 0.15) is 53.8 Å². The van der Waals surface area contributed by atoms with Gasteiger partial charge in [0.05, 0.1) is 5.69 Å². The summed E-state index contributed by atoms with van der Waals surface area (Å²) in [4.78, 5) is 14.7. The number of nitrogens with one attached hydrogen (secondary N) is 1. The van der Waals surface area contributed by atoms with Crippen molar-refractivity contribution in [3.8, 4) is 0 Å². The lowest BCUT2D eigenvalue weighted by molar-refractivity contribution is 0.0605. The van der Waals surface area contributed by atoms with Gasteiger partial charge >= 0.3 is 0 Å². The number of aryl methyl sites for hydroxylation is 1. The molecule has 1 aliphatic rings. The number of nitrogens with zero attached hydrogens (tertiary/aromatic N) is 2. The number of aromatic amines is 1. The van der Waals surface area contributed by atoms with Gasteiger partial charge in [-0.2, -0.15) is 5.10 Å². The summed E-state index contributed by atoms with van der Waals surface area (Å²) in [5.74, 6) is -0.359. The number of H-pyrrole nitrogens is 1. The third-order valence-electron chi connectivity index (χ3n) is 4.51. The number of rotatable bonds is 4. The molecule has 1 aromatic heterocycles. The quantitative estimate of drug-likeness (QED) is 0.932. The van der Waals surface area contributed by atoms with E-state index in [1.54, 1.807) is 18.2 Å². The molecule has 2 aromatic rings. The van der Waals surface area contributed by atoms with E-state index in [0.717, 1.165) is 31.4 Å². The largest absolute Gasteiger partial charge is 0.330 e. The van der Waals surface area contributed by atoms with Crippen molar-refractivity contribution in [2.24, 2.45) is 0 Å². The summed E-state index contributed by atoms with van der Waals surface area (Å²) >= 11 is 0. The fourth-order valence-corrected chi connectivity index (χ4v) is 3.26. The molecule has 0 saturated heterocycles. The van der Waals surface area contributed by atoms with Gasteiger partial charge in [-0.05, 0) is 31.9 Å².